The second-order valence-corrected chi connectivity index (χ2v) is 6.02. The first-order valence-electron chi connectivity index (χ1n) is 6.74. The van der Waals surface area contributed by atoms with Gasteiger partial charge in [0, 0.05) is 11.4 Å². The van der Waals surface area contributed by atoms with E-state index in [1.54, 1.807) is 6.07 Å². The second-order valence-electron chi connectivity index (χ2n) is 5.18. The molecule has 1 aromatic rings. The molecule has 0 radical (unpaired) electrons. The number of rotatable bonds is 5. The highest BCUT2D eigenvalue weighted by Gasteiger charge is 2.41. The molecule has 0 bridgehead atoms. The van der Waals surface area contributed by atoms with Crippen molar-refractivity contribution in [3.05, 3.63) is 29.8 Å². The average Bonchev–Trinajstić information content (AvgIpc) is 2.95. The van der Waals surface area contributed by atoms with Crippen molar-refractivity contribution in [2.75, 3.05) is 12.8 Å². The maximum absolute atomic E-state index is 12.2. The third-order valence-corrected chi connectivity index (χ3v) is 4.75. The summed E-state index contributed by atoms with van der Waals surface area (Å²) in [5.74, 6) is -0.990. The molecular weight excluding hydrogens is 274 g/mol. The lowest BCUT2D eigenvalue weighted by molar-refractivity contribution is -0.148. The number of thioether (sulfide) groups is 1. The molecule has 2 N–H and O–H groups in total. The van der Waals surface area contributed by atoms with Gasteiger partial charge in [-0.3, -0.25) is 9.59 Å². The van der Waals surface area contributed by atoms with E-state index in [9.17, 15) is 14.7 Å². The van der Waals surface area contributed by atoms with Crippen molar-refractivity contribution < 1.29 is 14.7 Å². The lowest BCUT2D eigenvalue weighted by Gasteiger charge is -2.24. The lowest BCUT2D eigenvalue weighted by Crippen LogP contribution is -2.41. The zero-order valence-corrected chi connectivity index (χ0v) is 12.3. The highest BCUT2D eigenvalue weighted by Crippen LogP contribution is 2.37. The predicted octanol–water partition coefficient (Wildman–Crippen LogP) is 2.78. The fourth-order valence-corrected chi connectivity index (χ4v) is 3.29. The minimum atomic E-state index is -0.798. The summed E-state index contributed by atoms with van der Waals surface area (Å²) in [5, 5.41) is 12.2. The van der Waals surface area contributed by atoms with Crippen LogP contribution in [0.15, 0.2) is 29.2 Å². The maximum Gasteiger partial charge on any atom is 0.311 e. The Balaban J connectivity index is 2.06. The molecule has 0 aliphatic heterocycles. The Labute approximate surface area is 123 Å². The Morgan fingerprint density at radius 1 is 1.30 bits per heavy atom. The average molecular weight is 293 g/mol. The molecule has 1 aliphatic rings. The summed E-state index contributed by atoms with van der Waals surface area (Å²) in [6.45, 7) is 0.212. The summed E-state index contributed by atoms with van der Waals surface area (Å²) in [5.41, 5.74) is -0.164. The topological polar surface area (TPSA) is 66.4 Å². The van der Waals surface area contributed by atoms with Crippen LogP contribution in [0.2, 0.25) is 0 Å². The van der Waals surface area contributed by atoms with Crippen LogP contribution < -0.4 is 5.32 Å². The molecule has 20 heavy (non-hydrogen) atoms. The van der Waals surface area contributed by atoms with Crippen molar-refractivity contribution in [3.63, 3.8) is 0 Å². The molecule has 0 unspecified atom stereocenters. The highest BCUT2D eigenvalue weighted by molar-refractivity contribution is 7.98. The minimum absolute atomic E-state index is 0.192. The molecular formula is C15H19NO3S. The molecule has 4 nitrogen and oxygen atoms in total. The smallest absolute Gasteiger partial charge is 0.311 e. The van der Waals surface area contributed by atoms with E-state index in [2.05, 4.69) is 5.32 Å². The minimum Gasteiger partial charge on any atom is -0.481 e. The van der Waals surface area contributed by atoms with Crippen LogP contribution in [-0.2, 0) is 4.79 Å². The van der Waals surface area contributed by atoms with Crippen LogP contribution in [-0.4, -0.2) is 29.8 Å². The Hall–Kier alpha value is -1.49. The van der Waals surface area contributed by atoms with Crippen LogP contribution in [0.1, 0.15) is 36.0 Å². The quantitative estimate of drug-likeness (QED) is 0.819. The van der Waals surface area contributed by atoms with Gasteiger partial charge in [-0.1, -0.05) is 25.0 Å². The third kappa shape index (κ3) is 2.98. The van der Waals surface area contributed by atoms with E-state index in [-0.39, 0.29) is 12.5 Å². The van der Waals surface area contributed by atoms with E-state index in [1.165, 1.54) is 11.8 Å². The molecule has 0 heterocycles. The number of carboxylic acid groups (broad SMARTS) is 1. The number of aliphatic carboxylic acids is 1. The standard InChI is InChI=1S/C15H19NO3S/c1-20-12-7-3-2-6-11(12)13(17)16-10-15(14(18)19)8-4-5-9-15/h2-3,6-7H,4-5,8-10H2,1H3,(H,16,17)(H,18,19). The summed E-state index contributed by atoms with van der Waals surface area (Å²) in [6.07, 6.45) is 5.05. The van der Waals surface area contributed by atoms with Crippen molar-refractivity contribution in [2.24, 2.45) is 5.41 Å². The molecule has 0 atom stereocenters. The van der Waals surface area contributed by atoms with Gasteiger partial charge in [-0.05, 0) is 31.2 Å². The normalized spacial score (nSPS) is 16.9. The van der Waals surface area contributed by atoms with Gasteiger partial charge in [0.15, 0.2) is 0 Å². The van der Waals surface area contributed by atoms with Gasteiger partial charge in [-0.15, -0.1) is 11.8 Å². The molecule has 1 saturated carbocycles. The summed E-state index contributed by atoms with van der Waals surface area (Å²) in [7, 11) is 0. The van der Waals surface area contributed by atoms with E-state index in [1.807, 2.05) is 24.5 Å². The molecule has 1 amide bonds. The first-order chi connectivity index (χ1) is 9.59. The van der Waals surface area contributed by atoms with Crippen molar-refractivity contribution in [3.8, 4) is 0 Å². The molecule has 0 spiro atoms. The van der Waals surface area contributed by atoms with E-state index in [0.29, 0.717) is 18.4 Å². The summed E-state index contributed by atoms with van der Waals surface area (Å²) >= 11 is 1.51. The largest absolute Gasteiger partial charge is 0.481 e. The van der Waals surface area contributed by atoms with Crippen LogP contribution >= 0.6 is 11.8 Å². The second kappa shape index (κ2) is 6.31. The Morgan fingerprint density at radius 2 is 1.95 bits per heavy atom. The number of hydrogen-bond donors (Lipinski definition) is 2. The van der Waals surface area contributed by atoms with Crippen LogP contribution in [0.3, 0.4) is 0 Å². The zero-order valence-electron chi connectivity index (χ0n) is 11.5. The number of nitrogens with one attached hydrogen (secondary N) is 1. The molecule has 1 aromatic carbocycles. The first-order valence-corrected chi connectivity index (χ1v) is 7.96. The maximum atomic E-state index is 12.2. The van der Waals surface area contributed by atoms with Crippen LogP contribution in [0.4, 0.5) is 0 Å². The van der Waals surface area contributed by atoms with Crippen molar-refractivity contribution in [2.45, 2.75) is 30.6 Å². The lowest BCUT2D eigenvalue weighted by atomic mass is 9.86. The monoisotopic (exact) mass is 293 g/mol. The number of hydrogen-bond acceptors (Lipinski definition) is 3. The van der Waals surface area contributed by atoms with Crippen LogP contribution in [0, 0.1) is 5.41 Å². The summed E-state index contributed by atoms with van der Waals surface area (Å²) in [6, 6.07) is 7.36. The number of carboxylic acids is 1. The number of carbonyl (C=O) groups excluding carboxylic acids is 1. The molecule has 5 heteroatoms. The summed E-state index contributed by atoms with van der Waals surface area (Å²) in [4.78, 5) is 24.6. The van der Waals surface area contributed by atoms with Crippen molar-refractivity contribution in [1.82, 2.24) is 5.32 Å². The third-order valence-electron chi connectivity index (χ3n) is 3.95. The van der Waals surface area contributed by atoms with E-state index in [4.69, 9.17) is 0 Å². The molecule has 1 aliphatic carbocycles. The molecule has 2 rings (SSSR count). The van der Waals surface area contributed by atoms with Gasteiger partial charge in [-0.25, -0.2) is 0 Å². The highest BCUT2D eigenvalue weighted by atomic mass is 32.2. The summed E-state index contributed by atoms with van der Waals surface area (Å²) < 4.78 is 0. The molecule has 108 valence electrons. The Kier molecular flexibility index (Phi) is 4.70. The molecule has 0 aromatic heterocycles. The van der Waals surface area contributed by atoms with Gasteiger partial charge in [0.05, 0.1) is 11.0 Å². The van der Waals surface area contributed by atoms with Gasteiger partial charge in [-0.2, -0.15) is 0 Å². The first kappa shape index (κ1) is 14.9. The Bertz CT molecular complexity index is 510. The number of amides is 1. The Morgan fingerprint density at radius 3 is 2.55 bits per heavy atom. The van der Waals surface area contributed by atoms with Gasteiger partial charge in [0.1, 0.15) is 0 Å². The fourth-order valence-electron chi connectivity index (χ4n) is 2.69. The van der Waals surface area contributed by atoms with Crippen molar-refractivity contribution >= 4 is 23.6 Å². The molecule has 1 fully saturated rings. The van der Waals surface area contributed by atoms with Gasteiger partial charge in [0.2, 0.25) is 0 Å². The van der Waals surface area contributed by atoms with Crippen LogP contribution in [0.5, 0.6) is 0 Å². The number of benzene rings is 1. The molecule has 0 saturated heterocycles. The number of carbonyl (C=O) groups is 2. The van der Waals surface area contributed by atoms with E-state index >= 15 is 0 Å². The van der Waals surface area contributed by atoms with Gasteiger partial charge >= 0.3 is 5.97 Å². The van der Waals surface area contributed by atoms with E-state index in [0.717, 1.165) is 17.7 Å². The van der Waals surface area contributed by atoms with Crippen LogP contribution in [0.25, 0.3) is 0 Å². The van der Waals surface area contributed by atoms with Gasteiger partial charge in [0.25, 0.3) is 5.91 Å². The SMILES string of the molecule is CSc1ccccc1C(=O)NCC1(C(=O)O)CCCC1. The van der Waals surface area contributed by atoms with E-state index < -0.39 is 11.4 Å². The zero-order chi connectivity index (χ0) is 14.6. The predicted molar refractivity (Wildman–Crippen MR) is 79.1 cm³/mol. The van der Waals surface area contributed by atoms with Crippen molar-refractivity contribution in [1.29, 1.82) is 0 Å². The van der Waals surface area contributed by atoms with Gasteiger partial charge < -0.3 is 10.4 Å². The fraction of sp³-hybridized carbons (Fsp3) is 0.467.